The van der Waals surface area contributed by atoms with Crippen LogP contribution in [0.4, 0.5) is 0 Å². The van der Waals surface area contributed by atoms with Crippen molar-refractivity contribution in [3.05, 3.63) is 35.4 Å². The Morgan fingerprint density at radius 1 is 1.29 bits per heavy atom. The average Bonchev–Trinajstić information content (AvgIpc) is 2.89. The fourth-order valence-electron chi connectivity index (χ4n) is 2.73. The number of carbonyl (C=O) groups excluding carboxylic acids is 2. The van der Waals surface area contributed by atoms with Gasteiger partial charge in [0.05, 0.1) is 0 Å². The SMILES string of the molecule is CCC(=O)OCOc1ccc(/C=C2\CCC(CN(C)C)C2=O)cc1. The molecule has 0 spiro atoms. The van der Waals surface area contributed by atoms with Crippen molar-refractivity contribution in [3.8, 4) is 5.75 Å². The lowest BCUT2D eigenvalue weighted by atomic mass is 10.0. The van der Waals surface area contributed by atoms with Gasteiger partial charge >= 0.3 is 5.97 Å². The number of hydrogen-bond donors (Lipinski definition) is 0. The summed E-state index contributed by atoms with van der Waals surface area (Å²) >= 11 is 0. The van der Waals surface area contributed by atoms with Gasteiger partial charge in [-0.25, -0.2) is 0 Å². The van der Waals surface area contributed by atoms with E-state index in [0.29, 0.717) is 12.2 Å². The molecule has 0 N–H and O–H groups in total. The van der Waals surface area contributed by atoms with E-state index in [-0.39, 0.29) is 24.5 Å². The lowest BCUT2D eigenvalue weighted by molar-refractivity contribution is -0.149. The smallest absolute Gasteiger partial charge is 0.308 e. The Kier molecular flexibility index (Phi) is 6.55. The Morgan fingerprint density at radius 3 is 2.62 bits per heavy atom. The number of Topliss-reactive ketones (excluding diaryl/α,β-unsaturated/α-hetero) is 1. The van der Waals surface area contributed by atoms with E-state index in [0.717, 1.165) is 30.5 Å². The van der Waals surface area contributed by atoms with Crippen molar-refractivity contribution in [2.24, 2.45) is 5.92 Å². The minimum atomic E-state index is -0.289. The third-order valence-corrected chi connectivity index (χ3v) is 3.99. The summed E-state index contributed by atoms with van der Waals surface area (Å²) < 4.78 is 10.2. The fraction of sp³-hybridized carbons (Fsp3) is 0.474. The van der Waals surface area contributed by atoms with Crippen molar-refractivity contribution in [1.82, 2.24) is 4.90 Å². The van der Waals surface area contributed by atoms with Gasteiger partial charge in [-0.2, -0.15) is 0 Å². The van der Waals surface area contributed by atoms with Crippen molar-refractivity contribution < 1.29 is 19.1 Å². The van der Waals surface area contributed by atoms with Crippen LogP contribution in [0.25, 0.3) is 6.08 Å². The molecule has 5 nitrogen and oxygen atoms in total. The first kappa shape index (κ1) is 18.2. The molecule has 0 saturated heterocycles. The Balaban J connectivity index is 1.91. The third-order valence-electron chi connectivity index (χ3n) is 3.99. The van der Waals surface area contributed by atoms with Crippen LogP contribution in [0.15, 0.2) is 29.8 Å². The number of nitrogens with zero attached hydrogens (tertiary/aromatic N) is 1. The molecule has 1 saturated carbocycles. The van der Waals surface area contributed by atoms with Crippen LogP contribution in [0.1, 0.15) is 31.7 Å². The summed E-state index contributed by atoms with van der Waals surface area (Å²) in [6.45, 7) is 2.45. The lowest BCUT2D eigenvalue weighted by Crippen LogP contribution is -2.24. The summed E-state index contributed by atoms with van der Waals surface area (Å²) in [7, 11) is 3.98. The van der Waals surface area contributed by atoms with Gasteiger partial charge in [-0.05, 0) is 56.3 Å². The molecule has 0 amide bonds. The molecule has 0 heterocycles. The first-order chi connectivity index (χ1) is 11.5. The number of ether oxygens (including phenoxy) is 2. The molecule has 0 bridgehead atoms. The van der Waals surface area contributed by atoms with Gasteiger partial charge in [-0.15, -0.1) is 0 Å². The minimum absolute atomic E-state index is 0.0855. The normalized spacial score (nSPS) is 19.1. The maximum absolute atomic E-state index is 12.4. The van der Waals surface area contributed by atoms with Crippen LogP contribution in [0, 0.1) is 5.92 Å². The number of benzene rings is 1. The fourth-order valence-corrected chi connectivity index (χ4v) is 2.73. The van der Waals surface area contributed by atoms with Crippen molar-refractivity contribution in [2.75, 3.05) is 27.4 Å². The van der Waals surface area contributed by atoms with Crippen LogP contribution in [0.2, 0.25) is 0 Å². The van der Waals surface area contributed by atoms with E-state index in [2.05, 4.69) is 4.90 Å². The summed E-state index contributed by atoms with van der Waals surface area (Å²) in [5, 5.41) is 0. The van der Waals surface area contributed by atoms with Crippen molar-refractivity contribution >= 4 is 17.8 Å². The topological polar surface area (TPSA) is 55.8 Å². The van der Waals surface area contributed by atoms with E-state index in [1.165, 1.54) is 0 Å². The maximum atomic E-state index is 12.4. The number of hydrogen-bond acceptors (Lipinski definition) is 5. The Labute approximate surface area is 143 Å². The number of carbonyl (C=O) groups is 2. The van der Waals surface area contributed by atoms with E-state index in [1.807, 2.05) is 44.4 Å². The van der Waals surface area contributed by atoms with E-state index >= 15 is 0 Å². The molecule has 2 rings (SSSR count). The highest BCUT2D eigenvalue weighted by Gasteiger charge is 2.29. The molecule has 1 unspecified atom stereocenters. The largest absolute Gasteiger partial charge is 0.457 e. The van der Waals surface area contributed by atoms with Gasteiger partial charge in [-0.1, -0.05) is 19.1 Å². The molecule has 0 aromatic heterocycles. The Hall–Kier alpha value is -2.14. The van der Waals surface area contributed by atoms with Crippen LogP contribution in [0.5, 0.6) is 5.75 Å². The highest BCUT2D eigenvalue weighted by atomic mass is 16.7. The number of allylic oxidation sites excluding steroid dienone is 1. The number of ketones is 1. The molecular weight excluding hydrogens is 306 g/mol. The second-order valence-electron chi connectivity index (χ2n) is 6.23. The monoisotopic (exact) mass is 331 g/mol. The minimum Gasteiger partial charge on any atom is -0.457 e. The molecule has 1 aromatic carbocycles. The van der Waals surface area contributed by atoms with E-state index in [9.17, 15) is 9.59 Å². The average molecular weight is 331 g/mol. The quantitative estimate of drug-likeness (QED) is 0.437. The van der Waals surface area contributed by atoms with E-state index in [4.69, 9.17) is 9.47 Å². The molecule has 0 aliphatic heterocycles. The molecule has 1 fully saturated rings. The van der Waals surface area contributed by atoms with Gasteiger partial charge in [0.25, 0.3) is 0 Å². The standard InChI is InChI=1S/C19H25NO4/c1-4-18(21)24-13-23-17-9-5-14(6-10-17)11-15-7-8-16(19(15)22)12-20(2)3/h5-6,9-11,16H,4,7-8,12-13H2,1-3H3/b15-11+. The second-order valence-corrected chi connectivity index (χ2v) is 6.23. The third kappa shape index (κ3) is 5.20. The van der Waals surface area contributed by atoms with Crippen LogP contribution in [-0.4, -0.2) is 44.1 Å². The molecular formula is C19H25NO4. The maximum Gasteiger partial charge on any atom is 0.308 e. The predicted molar refractivity (Wildman–Crippen MR) is 92.6 cm³/mol. The molecule has 0 radical (unpaired) electrons. The predicted octanol–water partition coefficient (Wildman–Crippen LogP) is 2.90. The molecule has 1 aliphatic carbocycles. The lowest BCUT2D eigenvalue weighted by Gasteiger charge is -2.13. The van der Waals surface area contributed by atoms with Crippen LogP contribution < -0.4 is 4.74 Å². The zero-order valence-corrected chi connectivity index (χ0v) is 14.6. The van der Waals surface area contributed by atoms with Crippen LogP contribution in [0.3, 0.4) is 0 Å². The zero-order valence-electron chi connectivity index (χ0n) is 14.6. The van der Waals surface area contributed by atoms with Gasteiger partial charge in [0.2, 0.25) is 6.79 Å². The zero-order chi connectivity index (χ0) is 17.5. The van der Waals surface area contributed by atoms with Gasteiger partial charge in [0.1, 0.15) is 5.75 Å². The highest BCUT2D eigenvalue weighted by Crippen LogP contribution is 2.29. The van der Waals surface area contributed by atoms with Crippen molar-refractivity contribution in [3.63, 3.8) is 0 Å². The van der Waals surface area contributed by atoms with E-state index < -0.39 is 0 Å². The van der Waals surface area contributed by atoms with Gasteiger partial charge < -0.3 is 14.4 Å². The van der Waals surface area contributed by atoms with Crippen molar-refractivity contribution in [2.45, 2.75) is 26.2 Å². The second kappa shape index (κ2) is 8.64. The summed E-state index contributed by atoms with van der Waals surface area (Å²) in [5.74, 6) is 0.713. The first-order valence-electron chi connectivity index (χ1n) is 8.27. The Morgan fingerprint density at radius 2 is 2.00 bits per heavy atom. The summed E-state index contributed by atoms with van der Waals surface area (Å²) in [4.78, 5) is 25.5. The van der Waals surface area contributed by atoms with Gasteiger partial charge in [0.15, 0.2) is 5.78 Å². The summed E-state index contributed by atoms with van der Waals surface area (Å²) in [6, 6.07) is 7.42. The van der Waals surface area contributed by atoms with Gasteiger partial charge in [0, 0.05) is 18.9 Å². The van der Waals surface area contributed by atoms with Gasteiger partial charge in [-0.3, -0.25) is 9.59 Å². The van der Waals surface area contributed by atoms with Crippen LogP contribution >= 0.6 is 0 Å². The van der Waals surface area contributed by atoms with E-state index in [1.54, 1.807) is 6.92 Å². The summed E-state index contributed by atoms with van der Waals surface area (Å²) in [6.07, 6.45) is 4.05. The molecule has 1 atom stereocenters. The Bertz CT molecular complexity index is 604. The first-order valence-corrected chi connectivity index (χ1v) is 8.27. The van der Waals surface area contributed by atoms with Crippen LogP contribution in [-0.2, 0) is 14.3 Å². The van der Waals surface area contributed by atoms with Crippen molar-refractivity contribution in [1.29, 1.82) is 0 Å². The molecule has 24 heavy (non-hydrogen) atoms. The number of rotatable bonds is 7. The molecule has 130 valence electrons. The summed E-state index contributed by atoms with van der Waals surface area (Å²) in [5.41, 5.74) is 1.87. The molecule has 5 heteroatoms. The molecule has 1 aliphatic rings. The number of esters is 1. The molecule has 1 aromatic rings. The highest BCUT2D eigenvalue weighted by molar-refractivity contribution is 6.03.